The minimum Gasteiger partial charge on any atom is -0.471 e. The van der Waals surface area contributed by atoms with E-state index < -0.39 is 11.9 Å². The maximum absolute atomic E-state index is 12.7. The Labute approximate surface area is 152 Å². The van der Waals surface area contributed by atoms with Gasteiger partial charge in [-0.25, -0.2) is 0 Å². The molecule has 0 N–H and O–H groups in total. The molecule has 0 spiro atoms. The molecule has 0 aliphatic rings. The third-order valence-electron chi connectivity index (χ3n) is 3.41. The number of carbonyl (C=O) groups excluding carboxylic acids is 1. The van der Waals surface area contributed by atoms with Crippen molar-refractivity contribution < 1.29 is 22.7 Å². The highest BCUT2D eigenvalue weighted by molar-refractivity contribution is 6.31. The molecular weight excluding hydrogens is 371 g/mol. The molecule has 3 aromatic rings. The van der Waals surface area contributed by atoms with Gasteiger partial charge in [0.05, 0.1) is 24.2 Å². The first-order valence-electron chi connectivity index (χ1n) is 7.37. The summed E-state index contributed by atoms with van der Waals surface area (Å²) < 4.78 is 43.2. The van der Waals surface area contributed by atoms with Crippen molar-refractivity contribution in [1.29, 1.82) is 0 Å². The minimum absolute atomic E-state index is 0.254. The highest BCUT2D eigenvalue weighted by atomic mass is 35.5. The zero-order valence-corrected chi connectivity index (χ0v) is 14.7. The van der Waals surface area contributed by atoms with Crippen LogP contribution in [-0.2, 0) is 22.3 Å². The number of aryl methyl sites for hydroxylation is 1. The third-order valence-corrected chi connectivity index (χ3v) is 3.62. The van der Waals surface area contributed by atoms with Gasteiger partial charge in [0, 0.05) is 17.3 Å². The fourth-order valence-corrected chi connectivity index (χ4v) is 2.40. The van der Waals surface area contributed by atoms with E-state index in [4.69, 9.17) is 16.4 Å². The molecule has 26 heavy (non-hydrogen) atoms. The summed E-state index contributed by atoms with van der Waals surface area (Å²) in [4.78, 5) is 13.1. The van der Waals surface area contributed by atoms with Crippen LogP contribution in [0.5, 0.6) is 0 Å². The second-order valence-corrected chi connectivity index (χ2v) is 5.78. The van der Waals surface area contributed by atoms with Gasteiger partial charge in [-0.3, -0.25) is 14.5 Å². The molecule has 0 aliphatic carbocycles. The normalized spacial score (nSPS) is 11.0. The zero-order chi connectivity index (χ0) is 19.3. The molecule has 2 heterocycles. The molecule has 0 fully saturated rings. The van der Waals surface area contributed by atoms with Crippen molar-refractivity contribution in [3.63, 3.8) is 0 Å². The second kappa shape index (κ2) is 8.18. The molecular formula is C17H15ClF3N3O2. The van der Waals surface area contributed by atoms with Gasteiger partial charge in [-0.05, 0) is 36.8 Å². The summed E-state index contributed by atoms with van der Waals surface area (Å²) in [6.07, 6.45) is -2.88. The monoisotopic (exact) mass is 385 g/mol. The minimum atomic E-state index is -4.43. The van der Waals surface area contributed by atoms with Crippen molar-refractivity contribution in [2.75, 3.05) is 7.11 Å². The van der Waals surface area contributed by atoms with E-state index in [2.05, 4.69) is 14.8 Å². The van der Waals surface area contributed by atoms with Crippen molar-refractivity contribution >= 4 is 29.0 Å². The summed E-state index contributed by atoms with van der Waals surface area (Å²) in [6.45, 7) is 2.23. The number of pyridine rings is 1. The first kappa shape index (κ1) is 19.7. The topological polar surface area (TPSA) is 57.0 Å². The lowest BCUT2D eigenvalue weighted by atomic mass is 10.1. The van der Waals surface area contributed by atoms with Crippen molar-refractivity contribution in [2.45, 2.75) is 19.6 Å². The predicted molar refractivity (Wildman–Crippen MR) is 90.9 cm³/mol. The number of halogens is 4. The largest absolute Gasteiger partial charge is 0.471 e. The summed E-state index contributed by atoms with van der Waals surface area (Å²) >= 11 is 5.90. The number of fused-ring (bicyclic) bond motifs is 1. The van der Waals surface area contributed by atoms with Gasteiger partial charge in [0.25, 0.3) is 6.47 Å². The lowest BCUT2D eigenvalue weighted by molar-refractivity contribution is -0.141. The highest BCUT2D eigenvalue weighted by Crippen LogP contribution is 2.28. The van der Waals surface area contributed by atoms with E-state index in [-0.39, 0.29) is 6.54 Å². The van der Waals surface area contributed by atoms with E-state index in [0.29, 0.717) is 17.2 Å². The van der Waals surface area contributed by atoms with Crippen molar-refractivity contribution in [3.8, 4) is 0 Å². The Morgan fingerprint density at radius 3 is 2.54 bits per heavy atom. The van der Waals surface area contributed by atoms with Crippen LogP contribution in [-0.4, -0.2) is 28.3 Å². The van der Waals surface area contributed by atoms with Gasteiger partial charge in [0.2, 0.25) is 0 Å². The first-order chi connectivity index (χ1) is 12.2. The number of ether oxygens (including phenoxy) is 1. The van der Waals surface area contributed by atoms with Crippen LogP contribution in [0.25, 0.3) is 10.9 Å². The number of benzene rings is 1. The molecule has 1 aromatic carbocycles. The van der Waals surface area contributed by atoms with Gasteiger partial charge in [-0.15, -0.1) is 0 Å². The first-order valence-corrected chi connectivity index (χ1v) is 7.74. The number of hydrogen-bond donors (Lipinski definition) is 0. The van der Waals surface area contributed by atoms with Crippen LogP contribution in [0.2, 0.25) is 5.02 Å². The zero-order valence-electron chi connectivity index (χ0n) is 13.9. The smallest absolute Gasteiger partial charge is 0.435 e. The lowest BCUT2D eigenvalue weighted by Gasteiger charge is -2.06. The SMILES string of the molecule is COC=O.Cc1cc(C(F)(F)F)nn1Cc1ccc2ncc(Cl)cc2c1. The quantitative estimate of drug-likeness (QED) is 0.632. The molecule has 0 amide bonds. The number of alkyl halides is 3. The summed E-state index contributed by atoms with van der Waals surface area (Å²) in [7, 11) is 1.31. The molecule has 138 valence electrons. The van der Waals surface area contributed by atoms with Crippen LogP contribution >= 0.6 is 11.6 Å². The third kappa shape index (κ3) is 4.95. The van der Waals surface area contributed by atoms with E-state index in [0.717, 1.165) is 22.5 Å². The molecule has 0 bridgehead atoms. The Hall–Kier alpha value is -2.61. The number of rotatable bonds is 3. The van der Waals surface area contributed by atoms with Gasteiger partial charge < -0.3 is 4.74 Å². The van der Waals surface area contributed by atoms with E-state index in [1.807, 2.05) is 18.2 Å². The van der Waals surface area contributed by atoms with Crippen LogP contribution in [0.15, 0.2) is 36.5 Å². The summed E-state index contributed by atoms with van der Waals surface area (Å²) in [5, 5.41) is 4.98. The molecule has 3 rings (SSSR count). The lowest BCUT2D eigenvalue weighted by Crippen LogP contribution is -2.09. The Balaban J connectivity index is 0.000000552. The van der Waals surface area contributed by atoms with Crippen LogP contribution in [0, 0.1) is 6.92 Å². The predicted octanol–water partition coefficient (Wildman–Crippen LogP) is 4.25. The van der Waals surface area contributed by atoms with Crippen molar-refractivity contribution in [2.24, 2.45) is 0 Å². The number of aromatic nitrogens is 3. The number of methoxy groups -OCH3 is 1. The number of nitrogens with zero attached hydrogens (tertiary/aromatic N) is 3. The summed E-state index contributed by atoms with van der Waals surface area (Å²) in [5.41, 5.74) is 1.19. The molecule has 5 nitrogen and oxygen atoms in total. The van der Waals surface area contributed by atoms with Gasteiger partial charge >= 0.3 is 6.18 Å². The number of hydrogen-bond acceptors (Lipinski definition) is 4. The average Bonchev–Trinajstić information content (AvgIpc) is 2.96. The maximum atomic E-state index is 12.7. The summed E-state index contributed by atoms with van der Waals surface area (Å²) in [6, 6.07) is 8.29. The van der Waals surface area contributed by atoms with Gasteiger partial charge in [-0.2, -0.15) is 18.3 Å². The van der Waals surface area contributed by atoms with Crippen LogP contribution in [0.3, 0.4) is 0 Å². The molecule has 9 heteroatoms. The molecule has 0 saturated carbocycles. The Morgan fingerprint density at radius 2 is 1.96 bits per heavy atom. The summed E-state index contributed by atoms with van der Waals surface area (Å²) in [5.74, 6) is 0. The van der Waals surface area contributed by atoms with Crippen LogP contribution in [0.1, 0.15) is 17.0 Å². The van der Waals surface area contributed by atoms with E-state index in [1.165, 1.54) is 11.8 Å². The molecule has 0 aliphatic heterocycles. The number of carbonyl (C=O) groups is 1. The fraction of sp³-hybridized carbons (Fsp3) is 0.235. The standard InChI is InChI=1S/C15H11ClF3N3.C2H4O2/c1-9-4-14(15(17,18)19)21-22(9)8-10-2-3-13-11(5-10)6-12(16)7-20-13;1-4-2-3/h2-7H,8H2,1H3;2H,1H3. The van der Waals surface area contributed by atoms with E-state index >= 15 is 0 Å². The Bertz CT molecular complexity index is 910. The molecule has 0 radical (unpaired) electrons. The average molecular weight is 386 g/mol. The van der Waals surface area contributed by atoms with Crippen LogP contribution < -0.4 is 0 Å². The molecule has 0 saturated heterocycles. The molecule has 0 atom stereocenters. The Morgan fingerprint density at radius 1 is 1.27 bits per heavy atom. The van der Waals surface area contributed by atoms with E-state index in [9.17, 15) is 13.2 Å². The second-order valence-electron chi connectivity index (χ2n) is 5.34. The fourth-order valence-electron chi connectivity index (χ4n) is 2.23. The van der Waals surface area contributed by atoms with Crippen molar-refractivity contribution in [1.82, 2.24) is 14.8 Å². The highest BCUT2D eigenvalue weighted by Gasteiger charge is 2.34. The van der Waals surface area contributed by atoms with Crippen molar-refractivity contribution in [3.05, 3.63) is 58.5 Å². The van der Waals surface area contributed by atoms with Crippen LogP contribution in [0.4, 0.5) is 13.2 Å². The van der Waals surface area contributed by atoms with Gasteiger partial charge in [0.15, 0.2) is 5.69 Å². The molecule has 2 aromatic heterocycles. The van der Waals surface area contributed by atoms with Gasteiger partial charge in [0.1, 0.15) is 0 Å². The van der Waals surface area contributed by atoms with Gasteiger partial charge in [-0.1, -0.05) is 17.7 Å². The Kier molecular flexibility index (Phi) is 6.20. The van der Waals surface area contributed by atoms with E-state index in [1.54, 1.807) is 19.2 Å². The maximum Gasteiger partial charge on any atom is 0.435 e. The molecule has 0 unspecified atom stereocenters.